The van der Waals surface area contributed by atoms with Crippen molar-refractivity contribution >= 4 is 28.0 Å². The topological polar surface area (TPSA) is 77.8 Å². The Morgan fingerprint density at radius 1 is 1.33 bits per heavy atom. The number of hydrogen-bond acceptors (Lipinski definition) is 2. The molecule has 2 aliphatic rings. The number of nitrogens with zero attached hydrogens (tertiary/aromatic N) is 1. The van der Waals surface area contributed by atoms with Gasteiger partial charge in [-0.1, -0.05) is 15.9 Å². The fourth-order valence-corrected chi connectivity index (χ4v) is 3.01. The van der Waals surface area contributed by atoms with Crippen LogP contribution in [0, 0.1) is 5.41 Å². The number of hydrogen-bond donors (Lipinski definition) is 2. The van der Waals surface area contributed by atoms with Gasteiger partial charge in [-0.3, -0.25) is 9.69 Å². The first-order chi connectivity index (χ1) is 9.47. The van der Waals surface area contributed by atoms with Gasteiger partial charge in [0.1, 0.15) is 5.41 Å². The van der Waals surface area contributed by atoms with E-state index in [4.69, 9.17) is 10.2 Å². The molecule has 2 N–H and O–H groups in total. The molecule has 0 aromatic heterocycles. The third-order valence-electron chi connectivity index (χ3n) is 3.26. The van der Waals surface area contributed by atoms with Crippen molar-refractivity contribution in [3.05, 3.63) is 34.0 Å². The first-order valence-corrected chi connectivity index (χ1v) is 6.43. The smallest absolute Gasteiger partial charge is 0.413 e. The predicted octanol–water partition coefficient (Wildman–Crippen LogP) is 3.10. The van der Waals surface area contributed by atoms with Crippen LogP contribution in [-0.4, -0.2) is 39.4 Å². The molecule has 2 rings (SSSR count). The lowest BCUT2D eigenvalue weighted by atomic mass is 9.84. The summed E-state index contributed by atoms with van der Waals surface area (Å²) in [5, 5.41) is 18.2. The minimum Gasteiger partial charge on any atom is -0.480 e. The molecule has 2 unspecified atom stereocenters. The monoisotopic (exact) mass is 367 g/mol. The zero-order valence-electron chi connectivity index (χ0n) is 10.5. The van der Waals surface area contributed by atoms with Gasteiger partial charge in [0.15, 0.2) is 6.04 Å². The van der Waals surface area contributed by atoms with Crippen LogP contribution in [0.2, 0.25) is 0 Å². The van der Waals surface area contributed by atoms with Crippen LogP contribution in [-0.2, 0) is 4.79 Å². The first-order valence-electron chi connectivity index (χ1n) is 5.63. The van der Waals surface area contributed by atoms with Gasteiger partial charge < -0.3 is 10.2 Å². The van der Waals surface area contributed by atoms with Crippen LogP contribution in [0.1, 0.15) is 6.92 Å². The van der Waals surface area contributed by atoms with Gasteiger partial charge >= 0.3 is 18.2 Å². The molecule has 114 valence electrons. The Morgan fingerprint density at radius 2 is 1.90 bits per heavy atom. The second-order valence-corrected chi connectivity index (χ2v) is 5.68. The number of carboxylic acids is 1. The number of aliphatic carboxylic acids is 1. The molecule has 21 heavy (non-hydrogen) atoms. The molecule has 0 aromatic carbocycles. The summed E-state index contributed by atoms with van der Waals surface area (Å²) >= 11 is 3.01. The van der Waals surface area contributed by atoms with Crippen molar-refractivity contribution in [1.82, 2.24) is 4.90 Å². The van der Waals surface area contributed by atoms with Crippen LogP contribution in [0.15, 0.2) is 34.0 Å². The molecule has 0 fully saturated rings. The van der Waals surface area contributed by atoms with Crippen molar-refractivity contribution in [1.29, 1.82) is 0 Å². The average molecular weight is 368 g/mol. The van der Waals surface area contributed by atoms with E-state index in [0.717, 1.165) is 12.2 Å². The van der Waals surface area contributed by atoms with Crippen molar-refractivity contribution in [3.8, 4) is 0 Å². The molecule has 1 heterocycles. The number of alkyl halides is 3. The van der Waals surface area contributed by atoms with E-state index in [1.54, 1.807) is 0 Å². The molecular formula is C12H9BrF3NO4. The Kier molecular flexibility index (Phi) is 3.43. The molecule has 0 radical (unpaired) electrons. The van der Waals surface area contributed by atoms with Gasteiger partial charge in [-0.05, 0) is 25.2 Å². The number of carboxylic acid groups (broad SMARTS) is 2. The summed E-state index contributed by atoms with van der Waals surface area (Å²) in [7, 11) is 0. The number of fused-ring (bicyclic) bond motifs is 1. The van der Waals surface area contributed by atoms with E-state index in [1.165, 1.54) is 13.0 Å². The average Bonchev–Trinajstić information content (AvgIpc) is 2.67. The molecule has 1 aliphatic carbocycles. The molecule has 2 atom stereocenters. The van der Waals surface area contributed by atoms with Crippen LogP contribution in [0.25, 0.3) is 0 Å². The summed E-state index contributed by atoms with van der Waals surface area (Å²) in [6, 6.07) is -2.34. The quantitative estimate of drug-likeness (QED) is 0.746. The second-order valence-electron chi connectivity index (χ2n) is 4.83. The van der Waals surface area contributed by atoms with Crippen molar-refractivity contribution in [2.24, 2.45) is 5.41 Å². The molecule has 0 spiro atoms. The summed E-state index contributed by atoms with van der Waals surface area (Å²) in [5.74, 6) is -1.30. The van der Waals surface area contributed by atoms with Crippen LogP contribution < -0.4 is 0 Å². The lowest BCUT2D eigenvalue weighted by molar-refractivity contribution is -0.158. The van der Waals surface area contributed by atoms with Gasteiger partial charge in [-0.2, -0.15) is 13.2 Å². The molecule has 1 aliphatic heterocycles. The van der Waals surface area contributed by atoms with Gasteiger partial charge in [0.2, 0.25) is 0 Å². The highest BCUT2D eigenvalue weighted by atomic mass is 79.9. The Balaban J connectivity index is 2.61. The number of carbonyl (C=O) groups is 2. The largest absolute Gasteiger partial charge is 0.480 e. The zero-order chi connectivity index (χ0) is 16.2. The Bertz CT molecular complexity index is 622. The van der Waals surface area contributed by atoms with E-state index in [0.29, 0.717) is 0 Å². The highest BCUT2D eigenvalue weighted by Crippen LogP contribution is 2.46. The highest BCUT2D eigenvalue weighted by molar-refractivity contribution is 9.12. The van der Waals surface area contributed by atoms with Crippen LogP contribution in [0.3, 0.4) is 0 Å². The Morgan fingerprint density at radius 3 is 2.33 bits per heavy atom. The fraction of sp³-hybridized carbons (Fsp3) is 0.333. The molecule has 0 saturated carbocycles. The first kappa shape index (κ1) is 15.6. The minimum atomic E-state index is -4.80. The summed E-state index contributed by atoms with van der Waals surface area (Å²) in [6.45, 7) is 1.27. The lowest BCUT2D eigenvalue weighted by Gasteiger charge is -2.29. The van der Waals surface area contributed by atoms with E-state index < -0.39 is 29.7 Å². The maximum Gasteiger partial charge on any atom is 0.413 e. The summed E-state index contributed by atoms with van der Waals surface area (Å²) in [6.07, 6.45) is -3.61. The van der Waals surface area contributed by atoms with E-state index in [9.17, 15) is 22.8 Å². The minimum absolute atomic E-state index is 0.0125. The van der Waals surface area contributed by atoms with Crippen LogP contribution in [0.5, 0.6) is 0 Å². The van der Waals surface area contributed by atoms with E-state index in [2.05, 4.69) is 15.9 Å². The number of rotatable bonds is 1. The van der Waals surface area contributed by atoms with E-state index in [-0.39, 0.29) is 20.7 Å². The van der Waals surface area contributed by atoms with Gasteiger partial charge in [-0.25, -0.2) is 4.79 Å². The zero-order valence-corrected chi connectivity index (χ0v) is 12.1. The second kappa shape index (κ2) is 4.62. The van der Waals surface area contributed by atoms with Gasteiger partial charge in [0, 0.05) is 10.1 Å². The third kappa shape index (κ3) is 2.45. The lowest BCUT2D eigenvalue weighted by Crippen LogP contribution is -2.44. The summed E-state index contributed by atoms with van der Waals surface area (Å²) < 4.78 is 39.0. The Labute approximate surface area is 125 Å². The predicted molar refractivity (Wildman–Crippen MR) is 68.6 cm³/mol. The van der Waals surface area contributed by atoms with Crippen molar-refractivity contribution in [2.45, 2.75) is 19.1 Å². The number of allylic oxidation sites excluding steroid dienone is 1. The number of halogens is 4. The molecule has 0 bridgehead atoms. The Hall–Kier alpha value is -1.77. The van der Waals surface area contributed by atoms with Crippen molar-refractivity contribution < 1.29 is 33.0 Å². The van der Waals surface area contributed by atoms with E-state index in [1.807, 2.05) is 0 Å². The van der Waals surface area contributed by atoms with Crippen LogP contribution >= 0.6 is 15.9 Å². The summed E-state index contributed by atoms with van der Waals surface area (Å²) in [5.41, 5.74) is -1.87. The van der Waals surface area contributed by atoms with Crippen LogP contribution in [0.4, 0.5) is 18.0 Å². The van der Waals surface area contributed by atoms with Gasteiger partial charge in [0.05, 0.1) is 5.70 Å². The molecular weight excluding hydrogens is 359 g/mol. The molecule has 1 amide bonds. The van der Waals surface area contributed by atoms with Crippen molar-refractivity contribution in [2.75, 3.05) is 0 Å². The third-order valence-corrected chi connectivity index (χ3v) is 3.92. The molecule has 0 saturated heterocycles. The van der Waals surface area contributed by atoms with E-state index >= 15 is 0 Å². The van der Waals surface area contributed by atoms with Crippen molar-refractivity contribution in [3.63, 3.8) is 0 Å². The van der Waals surface area contributed by atoms with Gasteiger partial charge in [-0.15, -0.1) is 0 Å². The SMILES string of the molecule is CC1(C(=O)O)C=C(Br)C2=CC(C(F)(F)F)N(C(=O)O)C2=C1. The van der Waals surface area contributed by atoms with Gasteiger partial charge in [0.25, 0.3) is 0 Å². The molecule has 5 nitrogen and oxygen atoms in total. The fourth-order valence-electron chi connectivity index (χ4n) is 2.20. The maximum atomic E-state index is 13.0. The number of amides is 1. The standard InChI is InChI=1S/C12H9BrF3NO4/c1-11(9(18)19)3-6(13)5-2-8(12(14,15)16)17(10(20)21)7(5)4-11/h2-4,8H,1H3,(H,18,19)(H,20,21). The normalized spacial score (nSPS) is 28.5. The highest BCUT2D eigenvalue weighted by Gasteiger charge is 2.52. The molecule has 9 heteroatoms. The molecule has 0 aromatic rings. The maximum absolute atomic E-state index is 13.0. The summed E-state index contributed by atoms with van der Waals surface area (Å²) in [4.78, 5) is 22.5.